The van der Waals surface area contributed by atoms with Gasteiger partial charge in [0, 0.05) is 10.5 Å². The molecule has 0 N–H and O–H groups in total. The fraction of sp³-hybridized carbons (Fsp3) is 0.308. The second-order valence-corrected chi connectivity index (χ2v) is 4.93. The predicted molar refractivity (Wildman–Crippen MR) is 66.0 cm³/mol. The lowest BCUT2D eigenvalue weighted by atomic mass is 10.1. The third kappa shape index (κ3) is 3.56. The Bertz CT molecular complexity index is 363. The predicted octanol–water partition coefficient (Wildman–Crippen LogP) is 3.83. The van der Waals surface area contributed by atoms with Crippen LogP contribution in [0.5, 0.6) is 0 Å². The molecule has 0 spiro atoms. The van der Waals surface area contributed by atoms with Crippen LogP contribution in [-0.2, 0) is 4.79 Å². The summed E-state index contributed by atoms with van der Waals surface area (Å²) in [4.78, 5) is 12.7. The van der Waals surface area contributed by atoms with E-state index in [1.54, 1.807) is 0 Å². The first-order chi connectivity index (χ1) is 7.00. The first-order valence-corrected chi connectivity index (χ1v) is 5.80. The van der Waals surface area contributed by atoms with Gasteiger partial charge in [-0.3, -0.25) is 4.79 Å². The topological polar surface area (TPSA) is 17.1 Å². The minimum Gasteiger partial charge on any atom is -0.282 e. The van der Waals surface area contributed by atoms with Crippen molar-refractivity contribution in [1.82, 2.24) is 0 Å². The van der Waals surface area contributed by atoms with Crippen LogP contribution in [0, 0.1) is 12.8 Å². The van der Waals surface area contributed by atoms with Crippen LogP contribution in [0.4, 0.5) is 0 Å². The molecule has 0 amide bonds. The zero-order valence-corrected chi connectivity index (χ0v) is 10.2. The van der Waals surface area contributed by atoms with Crippen molar-refractivity contribution in [3.05, 3.63) is 42.0 Å². The molecule has 1 aromatic carbocycles. The molecule has 0 saturated heterocycles. The van der Waals surface area contributed by atoms with Crippen LogP contribution in [0.15, 0.2) is 41.3 Å². The van der Waals surface area contributed by atoms with Crippen molar-refractivity contribution in [2.45, 2.75) is 25.7 Å². The zero-order chi connectivity index (χ0) is 11.4. The van der Waals surface area contributed by atoms with Crippen molar-refractivity contribution < 1.29 is 4.79 Å². The van der Waals surface area contributed by atoms with Crippen molar-refractivity contribution in [2.75, 3.05) is 0 Å². The van der Waals surface area contributed by atoms with E-state index >= 15 is 0 Å². The highest BCUT2D eigenvalue weighted by atomic mass is 32.2. The average Bonchev–Trinajstić information content (AvgIpc) is 2.20. The molecular weight excluding hydrogens is 204 g/mol. The molecule has 0 aromatic heterocycles. The first-order valence-electron chi connectivity index (χ1n) is 4.98. The van der Waals surface area contributed by atoms with E-state index in [2.05, 4.69) is 6.58 Å². The average molecular weight is 220 g/mol. The van der Waals surface area contributed by atoms with Crippen molar-refractivity contribution >= 4 is 16.9 Å². The van der Waals surface area contributed by atoms with Crippen LogP contribution in [0.3, 0.4) is 0 Å². The summed E-state index contributed by atoms with van der Waals surface area (Å²) in [6, 6.07) is 7.94. The van der Waals surface area contributed by atoms with Gasteiger partial charge in [0.05, 0.1) is 0 Å². The highest BCUT2D eigenvalue weighted by Gasteiger charge is 2.11. The van der Waals surface area contributed by atoms with Gasteiger partial charge in [-0.05, 0) is 36.7 Å². The van der Waals surface area contributed by atoms with Gasteiger partial charge in [0.1, 0.15) is 0 Å². The van der Waals surface area contributed by atoms with Gasteiger partial charge in [-0.1, -0.05) is 38.1 Å². The smallest absolute Gasteiger partial charge is 0.219 e. The monoisotopic (exact) mass is 220 g/mol. The molecule has 0 bridgehead atoms. The molecule has 2 heteroatoms. The minimum absolute atomic E-state index is 0.0638. The Balaban J connectivity index is 2.67. The molecule has 0 aliphatic heterocycles. The van der Waals surface area contributed by atoms with E-state index in [1.807, 2.05) is 45.0 Å². The molecule has 1 aromatic rings. The summed E-state index contributed by atoms with van der Waals surface area (Å²) in [5, 5.41) is 0.0638. The molecule has 0 aliphatic carbocycles. The minimum atomic E-state index is 0.0638. The van der Waals surface area contributed by atoms with Gasteiger partial charge in [-0.25, -0.2) is 0 Å². The maximum absolute atomic E-state index is 11.7. The van der Waals surface area contributed by atoms with Crippen molar-refractivity contribution in [2.24, 2.45) is 5.92 Å². The Morgan fingerprint density at radius 3 is 2.27 bits per heavy atom. The number of carbonyl (C=O) groups is 1. The van der Waals surface area contributed by atoms with Crippen molar-refractivity contribution in [1.29, 1.82) is 0 Å². The lowest BCUT2D eigenvalue weighted by Crippen LogP contribution is -2.02. The quantitative estimate of drug-likeness (QED) is 0.569. The lowest BCUT2D eigenvalue weighted by molar-refractivity contribution is -0.108. The third-order valence-corrected chi connectivity index (χ3v) is 3.15. The van der Waals surface area contributed by atoms with Gasteiger partial charge < -0.3 is 0 Å². The number of hydrogen-bond acceptors (Lipinski definition) is 2. The van der Waals surface area contributed by atoms with E-state index in [9.17, 15) is 4.79 Å². The van der Waals surface area contributed by atoms with Crippen LogP contribution in [0.2, 0.25) is 0 Å². The third-order valence-electron chi connectivity index (χ3n) is 2.19. The van der Waals surface area contributed by atoms with Crippen LogP contribution >= 0.6 is 11.8 Å². The Morgan fingerprint density at radius 2 is 1.80 bits per heavy atom. The van der Waals surface area contributed by atoms with E-state index in [-0.39, 0.29) is 11.0 Å². The zero-order valence-electron chi connectivity index (χ0n) is 9.41. The van der Waals surface area contributed by atoms with E-state index in [1.165, 1.54) is 17.3 Å². The largest absolute Gasteiger partial charge is 0.282 e. The second-order valence-electron chi connectivity index (χ2n) is 3.88. The van der Waals surface area contributed by atoms with Crippen LogP contribution < -0.4 is 0 Å². The summed E-state index contributed by atoms with van der Waals surface area (Å²) in [5.74, 6) is 0.218. The molecule has 0 aliphatic rings. The van der Waals surface area contributed by atoms with Crippen LogP contribution in [0.25, 0.3) is 0 Å². The van der Waals surface area contributed by atoms with Crippen molar-refractivity contribution in [3.63, 3.8) is 0 Å². The number of rotatable bonds is 3. The molecular formula is C13H16OS. The fourth-order valence-electron chi connectivity index (χ4n) is 1.01. The Labute approximate surface area is 95.6 Å². The maximum Gasteiger partial charge on any atom is 0.219 e. The van der Waals surface area contributed by atoms with Crippen molar-refractivity contribution in [3.8, 4) is 0 Å². The van der Waals surface area contributed by atoms with Gasteiger partial charge >= 0.3 is 0 Å². The number of carbonyl (C=O) groups excluding carboxylic acids is 1. The summed E-state index contributed by atoms with van der Waals surface area (Å²) < 4.78 is 0. The SMILES string of the molecule is C=C(C(=O)Sc1ccc(C)cc1)C(C)C. The molecule has 15 heavy (non-hydrogen) atoms. The van der Waals surface area contributed by atoms with E-state index < -0.39 is 0 Å². The van der Waals surface area contributed by atoms with Crippen LogP contribution in [-0.4, -0.2) is 5.12 Å². The lowest BCUT2D eigenvalue weighted by Gasteiger charge is -2.07. The van der Waals surface area contributed by atoms with Gasteiger partial charge in [-0.15, -0.1) is 0 Å². The van der Waals surface area contributed by atoms with Gasteiger partial charge in [0.2, 0.25) is 5.12 Å². The Hall–Kier alpha value is -1.02. The number of benzene rings is 1. The van der Waals surface area contributed by atoms with E-state index in [4.69, 9.17) is 0 Å². The normalized spacial score (nSPS) is 10.4. The molecule has 0 unspecified atom stereocenters. The molecule has 1 nitrogen and oxygen atoms in total. The first kappa shape index (κ1) is 12.1. The van der Waals surface area contributed by atoms with Crippen LogP contribution in [0.1, 0.15) is 19.4 Å². The molecule has 0 radical (unpaired) electrons. The highest BCUT2D eigenvalue weighted by molar-refractivity contribution is 8.14. The Kier molecular flexibility index (Phi) is 4.15. The molecule has 80 valence electrons. The Morgan fingerprint density at radius 1 is 1.27 bits per heavy atom. The summed E-state index contributed by atoms with van der Waals surface area (Å²) in [6.45, 7) is 9.79. The molecule has 0 saturated carbocycles. The molecule has 0 atom stereocenters. The summed E-state index contributed by atoms with van der Waals surface area (Å²) in [7, 11) is 0. The summed E-state index contributed by atoms with van der Waals surface area (Å²) >= 11 is 1.25. The summed E-state index contributed by atoms with van der Waals surface area (Å²) in [6.07, 6.45) is 0. The number of thioether (sulfide) groups is 1. The molecule has 0 heterocycles. The maximum atomic E-state index is 11.7. The second kappa shape index (κ2) is 5.17. The van der Waals surface area contributed by atoms with Gasteiger partial charge in [-0.2, -0.15) is 0 Å². The highest BCUT2D eigenvalue weighted by Crippen LogP contribution is 2.24. The number of aryl methyl sites for hydroxylation is 1. The van der Waals surface area contributed by atoms with Gasteiger partial charge in [0.15, 0.2) is 0 Å². The summed E-state index contributed by atoms with van der Waals surface area (Å²) in [5.41, 5.74) is 1.88. The molecule has 0 fully saturated rings. The van der Waals surface area contributed by atoms with Gasteiger partial charge in [0.25, 0.3) is 0 Å². The number of hydrogen-bond donors (Lipinski definition) is 0. The molecule has 1 rings (SSSR count). The van der Waals surface area contributed by atoms with E-state index in [0.29, 0.717) is 5.57 Å². The fourth-order valence-corrected chi connectivity index (χ4v) is 1.87. The van der Waals surface area contributed by atoms with E-state index in [0.717, 1.165) is 4.90 Å². The standard InChI is InChI=1S/C13H16OS/c1-9(2)11(4)13(14)15-12-7-5-10(3)6-8-12/h5-9H,4H2,1-3H3.